The molecule has 0 aliphatic carbocycles. The molecule has 0 saturated carbocycles. The molecule has 2 amide bonds. The number of benzene rings is 2. The number of anilines is 1. The quantitative estimate of drug-likeness (QED) is 0.620. The first-order chi connectivity index (χ1) is 14.6. The summed E-state index contributed by atoms with van der Waals surface area (Å²) in [5.41, 5.74) is 2.28. The van der Waals surface area contributed by atoms with Crippen LogP contribution in [-0.4, -0.2) is 47.9 Å². The van der Waals surface area contributed by atoms with Gasteiger partial charge in [-0.2, -0.15) is 0 Å². The Morgan fingerprint density at radius 1 is 1.03 bits per heavy atom. The van der Waals surface area contributed by atoms with Crippen molar-refractivity contribution in [3.8, 4) is 5.75 Å². The normalized spacial score (nSPS) is 21.0. The minimum absolute atomic E-state index is 0.148. The monoisotopic (exact) mass is 405 g/mol. The number of ether oxygens (including phenoxy) is 1. The molecule has 7 heteroatoms. The van der Waals surface area contributed by atoms with E-state index in [2.05, 4.69) is 9.88 Å². The average molecular weight is 405 g/mol. The second-order valence-electron chi connectivity index (χ2n) is 7.82. The summed E-state index contributed by atoms with van der Waals surface area (Å²) in [6.07, 6.45) is 1.93. The Balaban J connectivity index is 1.26. The highest BCUT2D eigenvalue weighted by Gasteiger charge is 2.43. The Hall–Kier alpha value is -3.19. The molecule has 2 saturated heterocycles. The molecule has 3 aromatic rings. The SMILES string of the molecule is COc1ccc(N2C(=O)CC(N3CCC(c4nc5ccccc5o4)CC3)C2=O)cc1. The van der Waals surface area contributed by atoms with Gasteiger partial charge in [0.2, 0.25) is 5.91 Å². The molecule has 2 aliphatic rings. The van der Waals surface area contributed by atoms with Crippen molar-refractivity contribution in [2.45, 2.75) is 31.2 Å². The van der Waals surface area contributed by atoms with Crippen LogP contribution in [0.2, 0.25) is 0 Å². The minimum Gasteiger partial charge on any atom is -0.497 e. The molecule has 0 radical (unpaired) electrons. The predicted molar refractivity (Wildman–Crippen MR) is 111 cm³/mol. The van der Waals surface area contributed by atoms with Gasteiger partial charge in [0.15, 0.2) is 11.5 Å². The number of imide groups is 1. The number of piperidine rings is 1. The van der Waals surface area contributed by atoms with Crippen molar-refractivity contribution in [3.05, 3.63) is 54.4 Å². The van der Waals surface area contributed by atoms with Crippen LogP contribution in [0.25, 0.3) is 11.1 Å². The Labute approximate surface area is 174 Å². The number of hydrogen-bond acceptors (Lipinski definition) is 6. The van der Waals surface area contributed by atoms with Gasteiger partial charge in [-0.15, -0.1) is 0 Å². The summed E-state index contributed by atoms with van der Waals surface area (Å²) >= 11 is 0. The second kappa shape index (κ2) is 7.57. The Kier molecular flexibility index (Phi) is 4.75. The number of carbonyl (C=O) groups excluding carboxylic acids is 2. The minimum atomic E-state index is -0.399. The fourth-order valence-electron chi connectivity index (χ4n) is 4.43. The summed E-state index contributed by atoms with van der Waals surface area (Å²) in [6.45, 7) is 1.48. The number of rotatable bonds is 4. The Morgan fingerprint density at radius 2 is 1.77 bits per heavy atom. The molecule has 3 heterocycles. The Bertz CT molecular complexity index is 1050. The molecular formula is C23H23N3O4. The lowest BCUT2D eigenvalue weighted by Crippen LogP contribution is -2.45. The molecule has 5 rings (SSSR count). The predicted octanol–water partition coefficient (Wildman–Crippen LogP) is 3.35. The first-order valence-electron chi connectivity index (χ1n) is 10.2. The maximum absolute atomic E-state index is 13.0. The molecule has 2 fully saturated rings. The van der Waals surface area contributed by atoms with Crippen LogP contribution in [0, 0.1) is 0 Å². The highest BCUT2D eigenvalue weighted by Crippen LogP contribution is 2.33. The van der Waals surface area contributed by atoms with Crippen molar-refractivity contribution in [1.29, 1.82) is 0 Å². The number of amides is 2. The van der Waals surface area contributed by atoms with Gasteiger partial charge in [0.05, 0.1) is 25.3 Å². The molecule has 7 nitrogen and oxygen atoms in total. The average Bonchev–Trinajstić information content (AvgIpc) is 3.34. The van der Waals surface area contributed by atoms with Crippen LogP contribution in [-0.2, 0) is 9.59 Å². The summed E-state index contributed by atoms with van der Waals surface area (Å²) in [5, 5.41) is 0. The van der Waals surface area contributed by atoms with Crippen LogP contribution in [0.5, 0.6) is 5.75 Å². The van der Waals surface area contributed by atoms with E-state index in [1.54, 1.807) is 31.4 Å². The van der Waals surface area contributed by atoms with Gasteiger partial charge in [-0.1, -0.05) is 12.1 Å². The largest absolute Gasteiger partial charge is 0.497 e. The maximum Gasteiger partial charge on any atom is 0.251 e. The third-order valence-corrected chi connectivity index (χ3v) is 6.08. The van der Waals surface area contributed by atoms with E-state index in [4.69, 9.17) is 9.15 Å². The van der Waals surface area contributed by atoms with E-state index in [1.165, 1.54) is 4.90 Å². The zero-order valence-corrected chi connectivity index (χ0v) is 16.8. The third-order valence-electron chi connectivity index (χ3n) is 6.08. The van der Waals surface area contributed by atoms with Crippen LogP contribution in [0.15, 0.2) is 52.9 Å². The number of carbonyl (C=O) groups is 2. The van der Waals surface area contributed by atoms with Gasteiger partial charge in [0.25, 0.3) is 5.91 Å². The molecule has 2 aromatic carbocycles. The van der Waals surface area contributed by atoms with Crippen LogP contribution in [0.4, 0.5) is 5.69 Å². The number of oxazole rings is 1. The standard InChI is InChI=1S/C23H23N3O4/c1-29-17-8-6-16(7-9-17)26-21(27)14-19(23(26)28)25-12-10-15(11-13-25)22-24-18-4-2-3-5-20(18)30-22/h2-9,15,19H,10-14H2,1H3. The maximum atomic E-state index is 13.0. The van der Waals surface area contributed by atoms with Crippen LogP contribution in [0.1, 0.15) is 31.1 Å². The van der Waals surface area contributed by atoms with Gasteiger partial charge in [-0.05, 0) is 62.3 Å². The van der Waals surface area contributed by atoms with E-state index in [-0.39, 0.29) is 24.2 Å². The fourth-order valence-corrected chi connectivity index (χ4v) is 4.43. The molecule has 1 aromatic heterocycles. The molecule has 0 spiro atoms. The summed E-state index contributed by atoms with van der Waals surface area (Å²) in [5.74, 6) is 1.39. The third kappa shape index (κ3) is 3.25. The van der Waals surface area contributed by atoms with Gasteiger partial charge >= 0.3 is 0 Å². The first-order valence-corrected chi connectivity index (χ1v) is 10.2. The smallest absolute Gasteiger partial charge is 0.251 e. The van der Waals surface area contributed by atoms with Gasteiger partial charge in [-0.3, -0.25) is 14.5 Å². The summed E-state index contributed by atoms with van der Waals surface area (Å²) < 4.78 is 11.1. The van der Waals surface area contributed by atoms with E-state index in [9.17, 15) is 9.59 Å². The molecule has 0 bridgehead atoms. The molecular weight excluding hydrogens is 382 g/mol. The Morgan fingerprint density at radius 3 is 2.47 bits per heavy atom. The van der Waals surface area contributed by atoms with E-state index in [1.807, 2.05) is 24.3 Å². The lowest BCUT2D eigenvalue weighted by molar-refractivity contribution is -0.123. The lowest BCUT2D eigenvalue weighted by atomic mass is 9.95. The van der Waals surface area contributed by atoms with Crippen LogP contribution >= 0.6 is 0 Å². The summed E-state index contributed by atoms with van der Waals surface area (Å²) in [6, 6.07) is 14.4. The van der Waals surface area contributed by atoms with Crippen molar-refractivity contribution in [2.75, 3.05) is 25.1 Å². The lowest BCUT2D eigenvalue weighted by Gasteiger charge is -2.33. The molecule has 0 N–H and O–H groups in total. The van der Waals surface area contributed by atoms with Crippen molar-refractivity contribution >= 4 is 28.6 Å². The number of likely N-dealkylation sites (tertiary alicyclic amines) is 1. The van der Waals surface area contributed by atoms with E-state index < -0.39 is 6.04 Å². The number of aromatic nitrogens is 1. The molecule has 154 valence electrons. The first kappa shape index (κ1) is 18.8. The van der Waals surface area contributed by atoms with Crippen LogP contribution in [0.3, 0.4) is 0 Å². The zero-order chi connectivity index (χ0) is 20.7. The number of hydrogen-bond donors (Lipinski definition) is 0. The number of para-hydroxylation sites is 2. The molecule has 1 unspecified atom stereocenters. The van der Waals surface area contributed by atoms with E-state index >= 15 is 0 Å². The van der Waals surface area contributed by atoms with Gasteiger partial charge < -0.3 is 9.15 Å². The van der Waals surface area contributed by atoms with Gasteiger partial charge in [0, 0.05) is 5.92 Å². The number of fused-ring (bicyclic) bond motifs is 1. The zero-order valence-electron chi connectivity index (χ0n) is 16.8. The van der Waals surface area contributed by atoms with Crippen molar-refractivity contribution in [2.24, 2.45) is 0 Å². The van der Waals surface area contributed by atoms with Crippen LogP contribution < -0.4 is 9.64 Å². The summed E-state index contributed by atoms with van der Waals surface area (Å²) in [4.78, 5) is 33.7. The fraction of sp³-hybridized carbons (Fsp3) is 0.348. The van der Waals surface area contributed by atoms with Crippen molar-refractivity contribution in [3.63, 3.8) is 0 Å². The van der Waals surface area contributed by atoms with E-state index in [0.29, 0.717) is 11.4 Å². The summed E-state index contributed by atoms with van der Waals surface area (Å²) in [7, 11) is 1.59. The molecule has 1 atom stereocenters. The van der Waals surface area contributed by atoms with Gasteiger partial charge in [0.1, 0.15) is 11.3 Å². The molecule has 2 aliphatic heterocycles. The van der Waals surface area contributed by atoms with Crippen molar-refractivity contribution < 1.29 is 18.7 Å². The number of methoxy groups -OCH3 is 1. The molecule has 30 heavy (non-hydrogen) atoms. The number of nitrogens with zero attached hydrogens (tertiary/aromatic N) is 3. The second-order valence-corrected chi connectivity index (χ2v) is 7.82. The highest BCUT2D eigenvalue weighted by molar-refractivity contribution is 6.22. The highest BCUT2D eigenvalue weighted by atomic mass is 16.5. The topological polar surface area (TPSA) is 75.9 Å². The van der Waals surface area contributed by atoms with E-state index in [0.717, 1.165) is 42.9 Å². The van der Waals surface area contributed by atoms with Gasteiger partial charge in [-0.25, -0.2) is 9.88 Å². The van der Waals surface area contributed by atoms with Crippen molar-refractivity contribution in [1.82, 2.24) is 9.88 Å².